The van der Waals surface area contributed by atoms with Crippen molar-refractivity contribution in [3.05, 3.63) is 106 Å². The summed E-state index contributed by atoms with van der Waals surface area (Å²) in [4.78, 5) is 41.2. The zero-order chi connectivity index (χ0) is 29.9. The van der Waals surface area contributed by atoms with Crippen molar-refractivity contribution in [3.63, 3.8) is 0 Å². The van der Waals surface area contributed by atoms with Gasteiger partial charge in [-0.3, -0.25) is 14.4 Å². The van der Waals surface area contributed by atoms with Gasteiger partial charge in [-0.05, 0) is 68.7 Å². The van der Waals surface area contributed by atoms with Crippen molar-refractivity contribution in [1.82, 2.24) is 4.40 Å². The van der Waals surface area contributed by atoms with E-state index in [4.69, 9.17) is 21.1 Å². The molecule has 2 aromatic heterocycles. The number of esters is 1. The van der Waals surface area contributed by atoms with Gasteiger partial charge in [-0.2, -0.15) is 0 Å². The Hall–Kier alpha value is -3.90. The molecule has 214 valence electrons. The molecule has 6 nitrogen and oxygen atoms in total. The largest absolute Gasteiger partial charge is 0.489 e. The second-order valence-corrected chi connectivity index (χ2v) is 12.2. The maximum absolute atomic E-state index is 14.1. The minimum absolute atomic E-state index is 0.125. The molecule has 0 amide bonds. The first-order valence-corrected chi connectivity index (χ1v) is 14.1. The summed E-state index contributed by atoms with van der Waals surface area (Å²) in [6, 6.07) is 20.0. The number of hydrogen-bond donors (Lipinski definition) is 0. The summed E-state index contributed by atoms with van der Waals surface area (Å²) < 4.78 is 13.2. The van der Waals surface area contributed by atoms with Crippen LogP contribution in [0.4, 0.5) is 0 Å². The lowest BCUT2D eigenvalue weighted by Gasteiger charge is -2.24. The molecule has 4 aromatic rings. The Morgan fingerprint density at radius 2 is 1.56 bits per heavy atom. The highest BCUT2D eigenvalue weighted by molar-refractivity contribution is 6.30. The van der Waals surface area contributed by atoms with Crippen LogP contribution in [-0.2, 0) is 22.6 Å². The third-order valence-corrected chi connectivity index (χ3v) is 7.19. The number of aromatic nitrogens is 1. The van der Waals surface area contributed by atoms with Crippen molar-refractivity contribution in [2.45, 2.75) is 54.6 Å². The monoisotopic (exact) mass is 573 g/mol. The van der Waals surface area contributed by atoms with Crippen LogP contribution in [0.15, 0.2) is 72.9 Å². The second kappa shape index (κ2) is 11.9. The van der Waals surface area contributed by atoms with Gasteiger partial charge in [0.1, 0.15) is 12.4 Å². The molecule has 0 aliphatic rings. The minimum atomic E-state index is -1.00. The summed E-state index contributed by atoms with van der Waals surface area (Å²) >= 11 is 6.10. The number of fused-ring (bicyclic) bond motifs is 1. The summed E-state index contributed by atoms with van der Waals surface area (Å²) in [6.07, 6.45) is 1.87. The van der Waals surface area contributed by atoms with Crippen molar-refractivity contribution in [2.24, 2.45) is 10.8 Å². The van der Waals surface area contributed by atoms with Crippen LogP contribution in [0.1, 0.15) is 79.1 Å². The fraction of sp³-hybridized carbons (Fsp3) is 0.324. The molecule has 41 heavy (non-hydrogen) atoms. The fourth-order valence-electron chi connectivity index (χ4n) is 4.74. The average Bonchev–Trinajstić information content (AvgIpc) is 3.23. The number of nitrogens with zero attached hydrogens (tertiary/aromatic N) is 1. The molecule has 2 heterocycles. The van der Waals surface area contributed by atoms with E-state index >= 15 is 0 Å². The number of rotatable bonds is 10. The number of ketones is 2. The third kappa shape index (κ3) is 6.54. The Kier molecular flexibility index (Phi) is 8.74. The van der Waals surface area contributed by atoms with E-state index in [9.17, 15) is 14.4 Å². The Bertz CT molecular complexity index is 1580. The Labute approximate surface area is 246 Å². The predicted molar refractivity (Wildman–Crippen MR) is 161 cm³/mol. The molecule has 0 radical (unpaired) electrons. The van der Waals surface area contributed by atoms with Crippen LogP contribution in [-0.4, -0.2) is 28.5 Å². The molecule has 7 heteroatoms. The minimum Gasteiger partial charge on any atom is -0.489 e. The molecule has 0 aliphatic heterocycles. The summed E-state index contributed by atoms with van der Waals surface area (Å²) in [5, 5.41) is 0.508. The van der Waals surface area contributed by atoms with Crippen LogP contribution in [0, 0.1) is 10.8 Å². The second-order valence-electron chi connectivity index (χ2n) is 11.8. The van der Waals surface area contributed by atoms with Crippen molar-refractivity contribution in [3.8, 4) is 5.75 Å². The topological polar surface area (TPSA) is 74.1 Å². The summed E-state index contributed by atoms with van der Waals surface area (Å²) in [6.45, 7) is 11.4. The van der Waals surface area contributed by atoms with Gasteiger partial charge in [0.05, 0.1) is 23.2 Å². The lowest BCUT2D eigenvalue weighted by Crippen LogP contribution is -2.31. The molecule has 0 bridgehead atoms. The van der Waals surface area contributed by atoms with Gasteiger partial charge in [0.15, 0.2) is 5.78 Å². The van der Waals surface area contributed by atoms with E-state index in [-0.39, 0.29) is 24.6 Å². The van der Waals surface area contributed by atoms with Crippen LogP contribution >= 0.6 is 11.6 Å². The first-order chi connectivity index (χ1) is 19.3. The molecule has 0 atom stereocenters. The van der Waals surface area contributed by atoms with E-state index in [1.807, 2.05) is 51.1 Å². The molecule has 0 saturated carbocycles. The van der Waals surface area contributed by atoms with E-state index in [0.717, 1.165) is 5.56 Å². The lowest BCUT2D eigenvalue weighted by molar-refractivity contribution is -0.153. The molecule has 4 rings (SSSR count). The molecule has 0 unspecified atom stereocenters. The van der Waals surface area contributed by atoms with E-state index in [0.29, 0.717) is 45.3 Å². The Morgan fingerprint density at radius 1 is 0.902 bits per heavy atom. The van der Waals surface area contributed by atoms with Gasteiger partial charge in [-0.15, -0.1) is 0 Å². The molecular formula is C34H36ClNO5. The van der Waals surface area contributed by atoms with Gasteiger partial charge in [0.25, 0.3) is 0 Å². The van der Waals surface area contributed by atoms with E-state index in [1.165, 1.54) is 0 Å². The molecule has 0 saturated heterocycles. The molecule has 0 fully saturated rings. The Balaban J connectivity index is 1.96. The highest BCUT2D eigenvalue weighted by Crippen LogP contribution is 2.37. The zero-order valence-corrected chi connectivity index (χ0v) is 25.2. The van der Waals surface area contributed by atoms with Gasteiger partial charge in [0.2, 0.25) is 5.78 Å². The lowest BCUT2D eigenvalue weighted by atomic mass is 9.79. The van der Waals surface area contributed by atoms with Crippen molar-refractivity contribution < 1.29 is 23.9 Å². The number of ether oxygens (including phenoxy) is 2. The zero-order valence-electron chi connectivity index (χ0n) is 24.4. The summed E-state index contributed by atoms with van der Waals surface area (Å²) in [5.74, 6) is -0.262. The molecule has 2 aromatic carbocycles. The van der Waals surface area contributed by atoms with Gasteiger partial charge in [0, 0.05) is 33.8 Å². The summed E-state index contributed by atoms with van der Waals surface area (Å²) in [7, 11) is 0. The maximum Gasteiger partial charge on any atom is 0.311 e. The first kappa shape index (κ1) is 30.1. The van der Waals surface area contributed by atoms with Crippen molar-refractivity contribution >= 4 is 34.7 Å². The number of carbonyl (C=O) groups excluding carboxylic acids is 3. The smallest absolute Gasteiger partial charge is 0.311 e. The summed E-state index contributed by atoms with van der Waals surface area (Å²) in [5.41, 5.74) is 1.43. The number of benzene rings is 2. The number of carbonyl (C=O) groups is 3. The number of Topliss-reactive ketones (excluding diaryl/α,β-unsaturated/α-hetero) is 1. The fourth-order valence-corrected chi connectivity index (χ4v) is 4.87. The highest BCUT2D eigenvalue weighted by atomic mass is 35.5. The van der Waals surface area contributed by atoms with E-state index in [1.54, 1.807) is 67.8 Å². The standard InChI is InChI=1S/C34H36ClNO5/c1-7-40-32(39)34(5,6)20-26-28(31(38)33(2,3)4)27-19-25(41-21-22-11-9-8-10-12-22)17-18-36(27)29(26)30(37)23-13-15-24(35)16-14-23/h8-19H,7,20-21H2,1-6H3. The molecule has 0 aliphatic carbocycles. The van der Waals surface area contributed by atoms with Crippen LogP contribution in [0.2, 0.25) is 5.02 Å². The quantitative estimate of drug-likeness (QED) is 0.143. The average molecular weight is 574 g/mol. The van der Waals surface area contributed by atoms with Gasteiger partial charge < -0.3 is 13.9 Å². The van der Waals surface area contributed by atoms with Gasteiger partial charge >= 0.3 is 5.97 Å². The number of pyridine rings is 1. The number of halogens is 1. The first-order valence-electron chi connectivity index (χ1n) is 13.7. The predicted octanol–water partition coefficient (Wildman–Crippen LogP) is 7.76. The SMILES string of the molecule is CCOC(=O)C(C)(C)Cc1c(C(=O)C(C)(C)C)c2cc(OCc3ccccc3)ccn2c1C(=O)c1ccc(Cl)cc1. The molecule has 0 N–H and O–H groups in total. The normalized spacial score (nSPS) is 11.9. The van der Waals surface area contributed by atoms with Crippen molar-refractivity contribution in [1.29, 1.82) is 0 Å². The van der Waals surface area contributed by atoms with Gasteiger partial charge in [-0.25, -0.2) is 0 Å². The van der Waals surface area contributed by atoms with Crippen LogP contribution in [0.5, 0.6) is 5.75 Å². The number of hydrogen-bond acceptors (Lipinski definition) is 5. The van der Waals surface area contributed by atoms with E-state index in [2.05, 4.69) is 0 Å². The highest BCUT2D eigenvalue weighted by Gasteiger charge is 2.38. The molecule has 0 spiro atoms. The maximum atomic E-state index is 14.1. The van der Waals surface area contributed by atoms with Crippen LogP contribution < -0.4 is 4.74 Å². The van der Waals surface area contributed by atoms with Crippen LogP contribution in [0.3, 0.4) is 0 Å². The van der Waals surface area contributed by atoms with Crippen molar-refractivity contribution in [2.75, 3.05) is 6.61 Å². The van der Waals surface area contributed by atoms with E-state index < -0.39 is 16.8 Å². The Morgan fingerprint density at radius 3 is 2.17 bits per heavy atom. The van der Waals surface area contributed by atoms with Gasteiger partial charge in [-0.1, -0.05) is 62.7 Å². The molecular weight excluding hydrogens is 538 g/mol. The van der Waals surface area contributed by atoms with Crippen LogP contribution in [0.25, 0.3) is 5.52 Å². The third-order valence-electron chi connectivity index (χ3n) is 6.94.